The number of Topliss-reactive ketones (excluding diaryl/α,β-unsaturated/α-hetero) is 2. The number of primary amides is 1. The van der Waals surface area contributed by atoms with Gasteiger partial charge in [-0.15, -0.1) is 0 Å². The van der Waals surface area contributed by atoms with Crippen LogP contribution in [0.3, 0.4) is 0 Å². The van der Waals surface area contributed by atoms with Crippen LogP contribution in [-0.4, -0.2) is 89.2 Å². The van der Waals surface area contributed by atoms with Crippen molar-refractivity contribution in [3.05, 3.63) is 69.2 Å². The fourth-order valence-electron chi connectivity index (χ4n) is 6.53. The minimum Gasteiger partial charge on any atom is -0.508 e. The van der Waals surface area contributed by atoms with Gasteiger partial charge in [0.25, 0.3) is 0 Å². The predicted octanol–water partition coefficient (Wildman–Crippen LogP) is 1.45. The van der Waals surface area contributed by atoms with Gasteiger partial charge in [-0.3, -0.25) is 14.4 Å². The van der Waals surface area contributed by atoms with Crippen molar-refractivity contribution < 1.29 is 48.0 Å². The van der Waals surface area contributed by atoms with Gasteiger partial charge < -0.3 is 41.3 Å². The van der Waals surface area contributed by atoms with Gasteiger partial charge in [0.1, 0.15) is 11.5 Å². The number of nitrogens with two attached hydrogens (primary N) is 1. The molecule has 2 aliphatic rings. The molecule has 244 valence electrons. The number of halogens is 3. The Bertz CT molecular complexity index is 1560. The topological polar surface area (TPSA) is 177 Å². The van der Waals surface area contributed by atoms with Gasteiger partial charge in [0, 0.05) is 56.0 Å². The number of phenols is 1. The van der Waals surface area contributed by atoms with E-state index in [9.17, 15) is 48.0 Å². The summed E-state index contributed by atoms with van der Waals surface area (Å²) in [5.74, 6) is -10.6. The number of likely N-dealkylation sites (N-methyl/N-ethyl adjacent to an activating group) is 1. The van der Waals surface area contributed by atoms with E-state index in [0.717, 1.165) is 12.1 Å². The van der Waals surface area contributed by atoms with Gasteiger partial charge in [-0.1, -0.05) is 0 Å². The Morgan fingerprint density at radius 1 is 1.09 bits per heavy atom. The zero-order chi connectivity index (χ0) is 33.5. The van der Waals surface area contributed by atoms with Crippen LogP contribution in [0.15, 0.2) is 29.5 Å². The standard InChI is InChI=1S/C31H37F3N4O7/c1-37(2)21-9-16(12-36-11-14-5-19(32)27(34)20(33)6-14)28(42)26-17(21)7-15-8-18(22(13-39)38(3)4)31(45,23(40)10-24(35)41)30(44)25(15)29(26)43/h5-6,9,15,18,22,36,39,42,44-45H,7-8,10-13H2,1-4H3,(H2,35,41)/t15-,18-,22?,31+/m0/s1. The molecule has 7 N–H and O–H groups in total. The Kier molecular flexibility index (Phi) is 9.64. The van der Waals surface area contributed by atoms with Crippen LogP contribution in [0, 0.1) is 29.3 Å². The van der Waals surface area contributed by atoms with E-state index >= 15 is 0 Å². The summed E-state index contributed by atoms with van der Waals surface area (Å²) >= 11 is 0. The van der Waals surface area contributed by atoms with Crippen LogP contribution in [0.1, 0.15) is 39.9 Å². The van der Waals surface area contributed by atoms with Crippen LogP contribution in [-0.2, 0) is 29.1 Å². The van der Waals surface area contributed by atoms with Crippen molar-refractivity contribution in [3.8, 4) is 5.75 Å². The smallest absolute Gasteiger partial charge is 0.225 e. The summed E-state index contributed by atoms with van der Waals surface area (Å²) in [4.78, 5) is 42.4. The molecule has 45 heavy (non-hydrogen) atoms. The SMILES string of the molecule is CN(C)c1cc(CNCc2cc(F)c(F)c(F)c2)c(O)c2c1C[C@H]1C[C@@H](C(CO)N(C)C)[C@@](O)(C(=O)CC(N)=O)C(O)=C1C2=O. The van der Waals surface area contributed by atoms with Gasteiger partial charge in [-0.2, -0.15) is 0 Å². The summed E-state index contributed by atoms with van der Waals surface area (Å²) < 4.78 is 40.7. The molecule has 0 saturated carbocycles. The molecule has 4 rings (SSSR count). The number of aliphatic hydroxyl groups is 3. The van der Waals surface area contributed by atoms with Crippen molar-refractivity contribution in [1.29, 1.82) is 0 Å². The molecule has 2 aliphatic carbocycles. The number of hydrogen-bond acceptors (Lipinski definition) is 10. The van der Waals surface area contributed by atoms with Crippen LogP contribution in [0.25, 0.3) is 0 Å². The monoisotopic (exact) mass is 634 g/mol. The molecule has 0 radical (unpaired) electrons. The first-order chi connectivity index (χ1) is 21.0. The van der Waals surface area contributed by atoms with Gasteiger partial charge in [-0.25, -0.2) is 13.2 Å². The third-order valence-electron chi connectivity index (χ3n) is 8.73. The average molecular weight is 635 g/mol. The van der Waals surface area contributed by atoms with E-state index in [1.807, 2.05) is 0 Å². The highest BCUT2D eigenvalue weighted by Gasteiger charge is 2.58. The molecule has 1 amide bonds. The Balaban J connectivity index is 1.80. The second-order valence-corrected chi connectivity index (χ2v) is 12.0. The average Bonchev–Trinajstić information content (AvgIpc) is 2.94. The van der Waals surface area contributed by atoms with Crippen molar-refractivity contribution in [3.63, 3.8) is 0 Å². The maximum absolute atomic E-state index is 14.1. The molecule has 0 spiro atoms. The number of aromatic hydroxyl groups is 1. The largest absolute Gasteiger partial charge is 0.508 e. The summed E-state index contributed by atoms with van der Waals surface area (Å²) in [6.45, 7) is -0.717. The summed E-state index contributed by atoms with van der Waals surface area (Å²) in [5.41, 5.74) is 3.36. The van der Waals surface area contributed by atoms with E-state index in [0.29, 0.717) is 11.3 Å². The van der Waals surface area contributed by atoms with Crippen LogP contribution in [0.2, 0.25) is 0 Å². The van der Waals surface area contributed by atoms with Crippen molar-refractivity contribution >= 4 is 23.2 Å². The normalized spacial score (nSPS) is 21.9. The summed E-state index contributed by atoms with van der Waals surface area (Å²) in [7, 11) is 6.66. The molecular formula is C31H37F3N4O7. The second-order valence-electron chi connectivity index (χ2n) is 12.0. The van der Waals surface area contributed by atoms with E-state index in [4.69, 9.17) is 5.73 Å². The molecular weight excluding hydrogens is 597 g/mol. The van der Waals surface area contributed by atoms with E-state index in [1.54, 1.807) is 44.1 Å². The number of aliphatic hydroxyl groups excluding tert-OH is 2. The molecule has 4 atom stereocenters. The number of nitrogens with one attached hydrogen (secondary N) is 1. The number of benzene rings is 2. The maximum Gasteiger partial charge on any atom is 0.225 e. The number of allylic oxidation sites excluding steroid dienone is 1. The number of rotatable bonds is 11. The molecule has 0 bridgehead atoms. The third kappa shape index (κ3) is 6.02. The van der Waals surface area contributed by atoms with Crippen molar-refractivity contribution in [1.82, 2.24) is 10.2 Å². The Hall–Kier alpha value is -3.98. The zero-order valence-electron chi connectivity index (χ0n) is 25.3. The van der Waals surface area contributed by atoms with Gasteiger partial charge in [-0.05, 0) is 62.2 Å². The van der Waals surface area contributed by atoms with Gasteiger partial charge in [0.15, 0.2) is 34.6 Å². The molecule has 0 aliphatic heterocycles. The Morgan fingerprint density at radius 3 is 2.24 bits per heavy atom. The van der Waals surface area contributed by atoms with Crippen LogP contribution in [0.4, 0.5) is 18.9 Å². The number of hydrogen-bond donors (Lipinski definition) is 6. The molecule has 2 aromatic carbocycles. The van der Waals surface area contributed by atoms with E-state index in [2.05, 4.69) is 5.32 Å². The van der Waals surface area contributed by atoms with E-state index in [-0.39, 0.29) is 48.2 Å². The van der Waals surface area contributed by atoms with Crippen molar-refractivity contribution in [2.24, 2.45) is 17.6 Å². The zero-order valence-corrected chi connectivity index (χ0v) is 25.3. The quantitative estimate of drug-likeness (QED) is 0.157. The Morgan fingerprint density at radius 2 is 1.71 bits per heavy atom. The third-order valence-corrected chi connectivity index (χ3v) is 8.73. The number of nitrogens with zero attached hydrogens (tertiary/aromatic N) is 2. The highest BCUT2D eigenvalue weighted by atomic mass is 19.2. The minimum atomic E-state index is -2.73. The molecule has 2 aromatic rings. The molecule has 0 heterocycles. The summed E-state index contributed by atoms with van der Waals surface area (Å²) in [6, 6.07) is 2.44. The van der Waals surface area contributed by atoms with Crippen molar-refractivity contribution in [2.45, 2.75) is 44.0 Å². The van der Waals surface area contributed by atoms with Gasteiger partial charge in [0.05, 0.1) is 18.6 Å². The number of carbonyl (C=O) groups excluding carboxylic acids is 3. The molecule has 14 heteroatoms. The van der Waals surface area contributed by atoms with Crippen LogP contribution in [0.5, 0.6) is 5.75 Å². The van der Waals surface area contributed by atoms with Gasteiger partial charge in [0.2, 0.25) is 5.91 Å². The van der Waals surface area contributed by atoms with Gasteiger partial charge >= 0.3 is 0 Å². The van der Waals surface area contributed by atoms with Crippen LogP contribution < -0.4 is 16.0 Å². The number of fused-ring (bicyclic) bond motifs is 2. The van der Waals surface area contributed by atoms with Crippen LogP contribution >= 0.6 is 0 Å². The maximum atomic E-state index is 14.1. The molecule has 1 unspecified atom stereocenters. The molecule has 0 fully saturated rings. The number of carbonyl (C=O) groups is 3. The number of phenolic OH excluding ortho intramolecular Hbond substituents is 1. The van der Waals surface area contributed by atoms with E-state index in [1.165, 1.54) is 0 Å². The number of anilines is 1. The molecule has 0 saturated heterocycles. The lowest BCUT2D eigenvalue weighted by atomic mass is 9.61. The molecule has 0 aromatic heterocycles. The lowest BCUT2D eigenvalue weighted by Crippen LogP contribution is -2.60. The first-order valence-corrected chi connectivity index (χ1v) is 14.2. The Labute approximate surface area is 257 Å². The van der Waals surface area contributed by atoms with E-state index < -0.39 is 82.9 Å². The minimum absolute atomic E-state index is 0.0310. The molecule has 11 nitrogen and oxygen atoms in total. The number of amides is 1. The fourth-order valence-corrected chi connectivity index (χ4v) is 6.53. The lowest BCUT2D eigenvalue weighted by molar-refractivity contribution is -0.151. The predicted molar refractivity (Wildman–Crippen MR) is 157 cm³/mol. The lowest BCUT2D eigenvalue weighted by Gasteiger charge is -2.47. The summed E-state index contributed by atoms with van der Waals surface area (Å²) in [5, 5.41) is 47.7. The van der Waals surface area contributed by atoms with Crippen molar-refractivity contribution in [2.75, 3.05) is 39.7 Å². The second kappa shape index (κ2) is 12.8. The highest BCUT2D eigenvalue weighted by Crippen LogP contribution is 2.51. The number of ketones is 2. The highest BCUT2D eigenvalue weighted by molar-refractivity contribution is 6.15. The summed E-state index contributed by atoms with van der Waals surface area (Å²) in [6.07, 6.45) is -0.846. The fraction of sp³-hybridized carbons (Fsp3) is 0.452. The first-order valence-electron chi connectivity index (χ1n) is 14.2. The first kappa shape index (κ1) is 33.9.